The van der Waals surface area contributed by atoms with Gasteiger partial charge in [-0.2, -0.15) is 0 Å². The summed E-state index contributed by atoms with van der Waals surface area (Å²) in [6, 6.07) is 0. The van der Waals surface area contributed by atoms with Gasteiger partial charge in [-0.15, -0.1) is 11.4 Å². The topological polar surface area (TPSA) is 32.3 Å². The van der Waals surface area contributed by atoms with Gasteiger partial charge in [0, 0.05) is 14.7 Å². The van der Waals surface area contributed by atoms with E-state index in [2.05, 4.69) is 4.52 Å². The van der Waals surface area contributed by atoms with Crippen LogP contribution in [0.5, 0.6) is 0 Å². The minimum Gasteiger partial charge on any atom is -0.800 e. The van der Waals surface area contributed by atoms with Gasteiger partial charge in [0.15, 0.2) is 0 Å². The van der Waals surface area contributed by atoms with Crippen LogP contribution in [0.25, 0.3) is 0 Å². The van der Waals surface area contributed by atoms with Gasteiger partial charge in [0.25, 0.3) is 0 Å². The number of hydrogen-bond donors (Lipinski definition) is 0. The smallest absolute Gasteiger partial charge is 0.0392 e. The van der Waals surface area contributed by atoms with Crippen LogP contribution in [0, 0.1) is 0 Å². The molecule has 0 spiro atoms. The van der Waals surface area contributed by atoms with Gasteiger partial charge in [0.05, 0.1) is 0 Å². The van der Waals surface area contributed by atoms with Crippen molar-refractivity contribution in [3.63, 3.8) is 0 Å². The molecular formula is C2H6O2PS-. The highest BCUT2D eigenvalue weighted by molar-refractivity contribution is 8.51. The zero-order valence-corrected chi connectivity index (χ0v) is 5.38. The third-order valence-electron chi connectivity index (χ3n) is 0.298. The zero-order valence-electron chi connectivity index (χ0n) is 3.67. The molecule has 0 aliphatic heterocycles. The summed E-state index contributed by atoms with van der Waals surface area (Å²) in [7, 11) is 0.0163. The van der Waals surface area contributed by atoms with Gasteiger partial charge in [-0.05, 0) is 6.26 Å². The van der Waals surface area contributed by atoms with E-state index in [1.807, 2.05) is 0 Å². The molecule has 0 aliphatic rings. The molecule has 0 saturated heterocycles. The molecule has 0 saturated carbocycles. The monoisotopic (exact) mass is 125 g/mol. The van der Waals surface area contributed by atoms with Crippen molar-refractivity contribution in [2.75, 3.05) is 13.4 Å². The Balaban J connectivity index is 2.75. The van der Waals surface area contributed by atoms with Crippen LogP contribution in [0.1, 0.15) is 0 Å². The summed E-state index contributed by atoms with van der Waals surface area (Å²) < 4.78 is 4.37. The normalized spacial score (nSPS) is 14.5. The average molecular weight is 125 g/mol. The molecule has 0 aromatic heterocycles. The molecule has 38 valence electrons. The lowest BCUT2D eigenvalue weighted by atomic mass is 11.8. The first-order valence-corrected chi connectivity index (χ1v) is 4.37. The Morgan fingerprint density at radius 2 is 2.33 bits per heavy atom. The van der Waals surface area contributed by atoms with Crippen molar-refractivity contribution in [3.8, 4) is 0 Å². The lowest BCUT2D eigenvalue weighted by molar-refractivity contribution is -0.170. The van der Waals surface area contributed by atoms with Crippen LogP contribution < -0.4 is 4.89 Å². The van der Waals surface area contributed by atoms with E-state index in [1.165, 1.54) is 18.5 Å². The Labute approximate surface area is 42.6 Å². The molecule has 0 aliphatic carbocycles. The van der Waals surface area contributed by atoms with E-state index < -0.39 is 7.58 Å². The molecule has 0 radical (unpaired) electrons. The second-order valence-corrected chi connectivity index (χ2v) is 3.76. The van der Waals surface area contributed by atoms with Gasteiger partial charge in [-0.3, -0.25) is 0 Å². The standard InChI is InChI=1S/C2H6O2PS/c1-4-5(3)6-2/h1-2H3/q-1. The fourth-order valence-electron chi connectivity index (χ4n) is 0.0745. The van der Waals surface area contributed by atoms with Crippen molar-refractivity contribution in [1.29, 1.82) is 0 Å². The summed E-state index contributed by atoms with van der Waals surface area (Å²) in [6.07, 6.45) is 1.74. The first-order valence-electron chi connectivity index (χ1n) is 1.36. The Morgan fingerprint density at radius 3 is 2.33 bits per heavy atom. The van der Waals surface area contributed by atoms with Gasteiger partial charge in [-0.25, -0.2) is 0 Å². The van der Waals surface area contributed by atoms with Crippen LogP contribution in [0.4, 0.5) is 0 Å². The predicted molar refractivity (Wildman–Crippen MR) is 27.4 cm³/mol. The SMILES string of the molecule is COP([O-])SC. The average Bonchev–Trinajstić information content (AvgIpc) is 1.65. The third-order valence-corrected chi connectivity index (χ3v) is 2.24. The van der Waals surface area contributed by atoms with E-state index in [9.17, 15) is 4.89 Å². The van der Waals surface area contributed by atoms with Crippen LogP contribution in [-0.2, 0) is 4.52 Å². The van der Waals surface area contributed by atoms with Crippen molar-refractivity contribution in [2.24, 2.45) is 0 Å². The highest BCUT2D eigenvalue weighted by Gasteiger charge is 1.78. The van der Waals surface area contributed by atoms with E-state index in [-0.39, 0.29) is 0 Å². The maximum atomic E-state index is 10.1. The molecule has 2 nitrogen and oxygen atoms in total. The summed E-state index contributed by atoms with van der Waals surface area (Å²) in [4.78, 5) is 10.1. The summed E-state index contributed by atoms with van der Waals surface area (Å²) in [5.41, 5.74) is 0. The largest absolute Gasteiger partial charge is 0.800 e. The van der Waals surface area contributed by atoms with Crippen molar-refractivity contribution in [2.45, 2.75) is 0 Å². The quantitative estimate of drug-likeness (QED) is 0.506. The van der Waals surface area contributed by atoms with Crippen LogP contribution in [0.15, 0.2) is 0 Å². The molecule has 6 heavy (non-hydrogen) atoms. The Kier molecular flexibility index (Phi) is 4.33. The molecule has 0 amide bonds. The maximum Gasteiger partial charge on any atom is 0.0392 e. The summed E-state index contributed by atoms with van der Waals surface area (Å²) >= 11 is 1.21. The molecule has 1 atom stereocenters. The van der Waals surface area contributed by atoms with E-state index in [0.29, 0.717) is 0 Å². The molecule has 0 aromatic carbocycles. The van der Waals surface area contributed by atoms with Gasteiger partial charge in [0.2, 0.25) is 0 Å². The Hall–Kier alpha value is 0.700. The minimum atomic E-state index is -1.41. The van der Waals surface area contributed by atoms with Crippen molar-refractivity contribution < 1.29 is 9.42 Å². The van der Waals surface area contributed by atoms with E-state index in [1.54, 1.807) is 6.26 Å². The minimum absolute atomic E-state index is 1.21. The van der Waals surface area contributed by atoms with Crippen LogP contribution in [-0.4, -0.2) is 13.4 Å². The molecule has 0 aromatic rings. The van der Waals surface area contributed by atoms with Gasteiger partial charge < -0.3 is 9.42 Å². The first-order chi connectivity index (χ1) is 2.81. The van der Waals surface area contributed by atoms with E-state index >= 15 is 0 Å². The van der Waals surface area contributed by atoms with Crippen LogP contribution >= 0.6 is 19.0 Å². The van der Waals surface area contributed by atoms with Gasteiger partial charge in [-0.1, -0.05) is 0 Å². The predicted octanol–water partition coefficient (Wildman–Crippen LogP) is 0.583. The zero-order chi connectivity index (χ0) is 4.99. The maximum absolute atomic E-state index is 10.1. The Bertz CT molecular complexity index is 30.7. The Morgan fingerprint density at radius 1 is 1.83 bits per heavy atom. The second kappa shape index (κ2) is 3.88. The highest BCUT2D eigenvalue weighted by Crippen LogP contribution is 2.38. The summed E-state index contributed by atoms with van der Waals surface area (Å²) in [6.45, 7) is 0. The molecule has 0 bridgehead atoms. The first kappa shape index (κ1) is 6.70. The lowest BCUT2D eigenvalue weighted by Gasteiger charge is -2.14. The second-order valence-electron chi connectivity index (χ2n) is 0.589. The number of hydrogen-bond acceptors (Lipinski definition) is 3. The highest BCUT2D eigenvalue weighted by atomic mass is 32.7. The molecule has 4 heteroatoms. The fraction of sp³-hybridized carbons (Fsp3) is 1.00. The van der Waals surface area contributed by atoms with Gasteiger partial charge in [0.1, 0.15) is 0 Å². The molecule has 0 fully saturated rings. The number of rotatable bonds is 2. The fourth-order valence-corrected chi connectivity index (χ4v) is 0.671. The summed E-state index contributed by atoms with van der Waals surface area (Å²) in [5.74, 6) is 0. The van der Waals surface area contributed by atoms with Crippen molar-refractivity contribution >= 4 is 19.0 Å². The third kappa shape index (κ3) is 2.91. The molecular weight excluding hydrogens is 119 g/mol. The lowest BCUT2D eigenvalue weighted by Crippen LogP contribution is -1.89. The van der Waals surface area contributed by atoms with Crippen molar-refractivity contribution in [1.82, 2.24) is 0 Å². The van der Waals surface area contributed by atoms with Crippen molar-refractivity contribution in [3.05, 3.63) is 0 Å². The molecule has 0 N–H and O–H groups in total. The molecule has 0 rings (SSSR count). The van der Waals surface area contributed by atoms with Gasteiger partial charge >= 0.3 is 0 Å². The van der Waals surface area contributed by atoms with Crippen LogP contribution in [0.2, 0.25) is 0 Å². The summed E-state index contributed by atoms with van der Waals surface area (Å²) in [5, 5.41) is 0. The van der Waals surface area contributed by atoms with E-state index in [4.69, 9.17) is 0 Å². The van der Waals surface area contributed by atoms with Crippen LogP contribution in [0.3, 0.4) is 0 Å². The molecule has 1 unspecified atom stereocenters. The molecule has 0 heterocycles. The van der Waals surface area contributed by atoms with E-state index in [0.717, 1.165) is 0 Å².